The van der Waals surface area contributed by atoms with Gasteiger partial charge in [0, 0.05) is 21.2 Å². The molecule has 3 aromatic rings. The van der Waals surface area contributed by atoms with Gasteiger partial charge in [-0.1, -0.05) is 18.2 Å². The van der Waals surface area contributed by atoms with Crippen LogP contribution in [-0.4, -0.2) is 17.6 Å². The van der Waals surface area contributed by atoms with E-state index in [1.165, 1.54) is 17.4 Å². The standard InChI is InChI=1S/C18H17NO3S/c1-18(21,16-10-14-4-2-3-5-15(14)23-16)12-19-17(20)7-6-13-8-9-22-11-13/h2-11,21H,12H2,1H3,(H,19,20)/b7-6+. The van der Waals surface area contributed by atoms with E-state index in [0.29, 0.717) is 0 Å². The van der Waals surface area contributed by atoms with Gasteiger partial charge in [0.2, 0.25) is 5.91 Å². The molecule has 1 atom stereocenters. The number of rotatable bonds is 5. The third-order valence-corrected chi connectivity index (χ3v) is 4.90. The third-order valence-electron chi connectivity index (χ3n) is 3.53. The Morgan fingerprint density at radius 2 is 2.22 bits per heavy atom. The van der Waals surface area contributed by atoms with Gasteiger partial charge in [-0.3, -0.25) is 4.79 Å². The second-order valence-electron chi connectivity index (χ2n) is 5.53. The van der Waals surface area contributed by atoms with E-state index in [9.17, 15) is 9.90 Å². The maximum absolute atomic E-state index is 11.9. The number of fused-ring (bicyclic) bond motifs is 1. The summed E-state index contributed by atoms with van der Waals surface area (Å²) in [5, 5.41) is 14.5. The maximum atomic E-state index is 11.9. The van der Waals surface area contributed by atoms with Gasteiger partial charge in [0.1, 0.15) is 5.60 Å². The fourth-order valence-corrected chi connectivity index (χ4v) is 3.30. The molecule has 1 amide bonds. The molecule has 0 saturated carbocycles. The smallest absolute Gasteiger partial charge is 0.244 e. The van der Waals surface area contributed by atoms with Crippen molar-refractivity contribution in [1.82, 2.24) is 5.32 Å². The Labute approximate surface area is 138 Å². The molecular formula is C18H17NO3S. The van der Waals surface area contributed by atoms with Crippen molar-refractivity contribution in [3.63, 3.8) is 0 Å². The summed E-state index contributed by atoms with van der Waals surface area (Å²) in [6, 6.07) is 11.7. The van der Waals surface area contributed by atoms with Gasteiger partial charge in [0.15, 0.2) is 0 Å². The largest absolute Gasteiger partial charge is 0.472 e. The first-order chi connectivity index (χ1) is 11.0. The first-order valence-electron chi connectivity index (χ1n) is 7.24. The lowest BCUT2D eigenvalue weighted by Crippen LogP contribution is -2.37. The monoisotopic (exact) mass is 327 g/mol. The number of carbonyl (C=O) groups excluding carboxylic acids is 1. The SMILES string of the molecule is CC(O)(CNC(=O)/C=C/c1ccoc1)c1cc2ccccc2s1. The highest BCUT2D eigenvalue weighted by atomic mass is 32.1. The van der Waals surface area contributed by atoms with Gasteiger partial charge in [0.05, 0.1) is 19.1 Å². The second-order valence-corrected chi connectivity index (χ2v) is 6.61. The topological polar surface area (TPSA) is 62.5 Å². The van der Waals surface area contributed by atoms with E-state index in [2.05, 4.69) is 5.32 Å². The molecule has 23 heavy (non-hydrogen) atoms. The average molecular weight is 327 g/mol. The number of thiophene rings is 1. The zero-order chi connectivity index (χ0) is 16.3. The Morgan fingerprint density at radius 3 is 2.96 bits per heavy atom. The van der Waals surface area contributed by atoms with E-state index in [1.54, 1.807) is 31.6 Å². The van der Waals surface area contributed by atoms with Crippen LogP contribution in [0.5, 0.6) is 0 Å². The number of carbonyl (C=O) groups is 1. The van der Waals surface area contributed by atoms with Crippen molar-refractivity contribution in [2.45, 2.75) is 12.5 Å². The highest BCUT2D eigenvalue weighted by Gasteiger charge is 2.25. The molecule has 2 heterocycles. The van der Waals surface area contributed by atoms with E-state index in [0.717, 1.165) is 20.5 Å². The van der Waals surface area contributed by atoms with E-state index in [4.69, 9.17) is 4.42 Å². The minimum absolute atomic E-state index is 0.147. The van der Waals surface area contributed by atoms with Gasteiger partial charge in [-0.25, -0.2) is 0 Å². The number of furan rings is 1. The van der Waals surface area contributed by atoms with E-state index in [1.807, 2.05) is 30.3 Å². The van der Waals surface area contributed by atoms with E-state index < -0.39 is 5.60 Å². The first kappa shape index (κ1) is 15.5. The third kappa shape index (κ3) is 3.70. The van der Waals surface area contributed by atoms with E-state index >= 15 is 0 Å². The summed E-state index contributed by atoms with van der Waals surface area (Å²) in [5.41, 5.74) is -0.292. The fraction of sp³-hybridized carbons (Fsp3) is 0.167. The highest BCUT2D eigenvalue weighted by Crippen LogP contribution is 2.32. The van der Waals surface area contributed by atoms with Gasteiger partial charge in [-0.2, -0.15) is 0 Å². The molecule has 5 heteroatoms. The van der Waals surface area contributed by atoms with Crippen molar-refractivity contribution in [2.75, 3.05) is 6.54 Å². The van der Waals surface area contributed by atoms with Crippen LogP contribution in [0.1, 0.15) is 17.4 Å². The van der Waals surface area contributed by atoms with Crippen LogP contribution in [0.4, 0.5) is 0 Å². The van der Waals surface area contributed by atoms with Crippen LogP contribution in [0, 0.1) is 0 Å². The van der Waals surface area contributed by atoms with Crippen molar-refractivity contribution in [1.29, 1.82) is 0 Å². The summed E-state index contributed by atoms with van der Waals surface area (Å²) in [5.74, 6) is -0.257. The lowest BCUT2D eigenvalue weighted by Gasteiger charge is -2.21. The molecule has 1 aromatic carbocycles. The van der Waals surface area contributed by atoms with Gasteiger partial charge in [-0.05, 0) is 36.6 Å². The van der Waals surface area contributed by atoms with Crippen LogP contribution < -0.4 is 5.32 Å². The second kappa shape index (κ2) is 6.40. The zero-order valence-corrected chi connectivity index (χ0v) is 13.5. The molecule has 0 saturated heterocycles. The lowest BCUT2D eigenvalue weighted by molar-refractivity contribution is -0.117. The molecule has 0 radical (unpaired) electrons. The van der Waals surface area contributed by atoms with E-state index in [-0.39, 0.29) is 12.5 Å². The van der Waals surface area contributed by atoms with Crippen LogP contribution in [0.2, 0.25) is 0 Å². The summed E-state index contributed by atoms with van der Waals surface area (Å²) < 4.78 is 6.05. The van der Waals surface area contributed by atoms with Crippen molar-refractivity contribution in [2.24, 2.45) is 0 Å². The summed E-state index contributed by atoms with van der Waals surface area (Å²) in [7, 11) is 0. The average Bonchev–Trinajstić information content (AvgIpc) is 3.20. The molecule has 0 fully saturated rings. The van der Waals surface area contributed by atoms with Crippen molar-refractivity contribution in [3.8, 4) is 0 Å². The summed E-state index contributed by atoms with van der Waals surface area (Å²) in [4.78, 5) is 12.7. The quantitative estimate of drug-likeness (QED) is 0.705. The highest BCUT2D eigenvalue weighted by molar-refractivity contribution is 7.19. The van der Waals surface area contributed by atoms with Crippen LogP contribution in [0.15, 0.2) is 59.4 Å². The number of amides is 1. The van der Waals surface area contributed by atoms with Crippen molar-refractivity contribution < 1.29 is 14.3 Å². The van der Waals surface area contributed by atoms with Crippen molar-refractivity contribution >= 4 is 33.4 Å². The maximum Gasteiger partial charge on any atom is 0.244 e. The zero-order valence-electron chi connectivity index (χ0n) is 12.7. The Hall–Kier alpha value is -2.37. The predicted molar refractivity (Wildman–Crippen MR) is 92.1 cm³/mol. The van der Waals surface area contributed by atoms with Gasteiger partial charge in [-0.15, -0.1) is 11.3 Å². The molecule has 1 unspecified atom stereocenters. The number of hydrogen-bond donors (Lipinski definition) is 2. The molecule has 0 aliphatic heterocycles. The molecule has 0 aliphatic rings. The Kier molecular flexibility index (Phi) is 4.32. The summed E-state index contributed by atoms with van der Waals surface area (Å²) in [6.45, 7) is 1.85. The van der Waals surface area contributed by atoms with Crippen molar-refractivity contribution in [3.05, 3.63) is 65.4 Å². The number of aliphatic hydroxyl groups is 1. The Balaban J connectivity index is 1.65. The predicted octanol–water partition coefficient (Wildman–Crippen LogP) is 3.53. The molecule has 118 valence electrons. The molecule has 0 spiro atoms. The Bertz CT molecular complexity index is 798. The van der Waals surface area contributed by atoms with Gasteiger partial charge in [0.25, 0.3) is 0 Å². The van der Waals surface area contributed by atoms with Crippen LogP contribution in [0.25, 0.3) is 16.2 Å². The minimum Gasteiger partial charge on any atom is -0.472 e. The van der Waals surface area contributed by atoms with Gasteiger partial charge < -0.3 is 14.8 Å². The lowest BCUT2D eigenvalue weighted by atomic mass is 10.0. The number of nitrogens with one attached hydrogen (secondary N) is 1. The number of benzene rings is 1. The molecule has 0 aliphatic carbocycles. The molecular weight excluding hydrogens is 310 g/mol. The summed E-state index contributed by atoms with van der Waals surface area (Å²) >= 11 is 1.54. The van der Waals surface area contributed by atoms with Crippen LogP contribution in [0.3, 0.4) is 0 Å². The summed E-state index contributed by atoms with van der Waals surface area (Å²) in [6.07, 6.45) is 6.18. The number of hydrogen-bond acceptors (Lipinski definition) is 4. The van der Waals surface area contributed by atoms with Crippen LogP contribution in [-0.2, 0) is 10.4 Å². The molecule has 2 N–H and O–H groups in total. The fourth-order valence-electron chi connectivity index (χ4n) is 2.19. The molecule has 0 bridgehead atoms. The Morgan fingerprint density at radius 1 is 1.39 bits per heavy atom. The van der Waals surface area contributed by atoms with Crippen LogP contribution >= 0.6 is 11.3 Å². The minimum atomic E-state index is -1.11. The molecule has 3 rings (SSSR count). The first-order valence-corrected chi connectivity index (χ1v) is 8.06. The van der Waals surface area contributed by atoms with Gasteiger partial charge >= 0.3 is 0 Å². The molecule has 4 nitrogen and oxygen atoms in total. The normalized spacial score (nSPS) is 14.2. The molecule has 2 aromatic heterocycles.